The van der Waals surface area contributed by atoms with Gasteiger partial charge in [0.25, 0.3) is 0 Å². The van der Waals surface area contributed by atoms with E-state index in [9.17, 15) is 19.8 Å². The normalized spacial score (nSPS) is 26.9. The Hall–Kier alpha value is -2.08. The van der Waals surface area contributed by atoms with Crippen LogP contribution < -0.4 is 0 Å². The zero-order valence-electron chi connectivity index (χ0n) is 19.5. The lowest BCUT2D eigenvalue weighted by Gasteiger charge is -2.53. The van der Waals surface area contributed by atoms with Crippen molar-refractivity contribution in [3.05, 3.63) is 69.7 Å². The number of nitrogens with zero attached hydrogens (tertiary/aromatic N) is 1. The number of halogens is 2. The number of carbonyl (C=O) groups is 2. The number of likely N-dealkylation sites (tertiary alicyclic amines) is 1. The summed E-state index contributed by atoms with van der Waals surface area (Å²) in [5.41, 5.74) is 0.749. The molecule has 2 aliphatic rings. The van der Waals surface area contributed by atoms with E-state index in [1.54, 1.807) is 13.0 Å². The number of carbonyl (C=O) groups excluding carboxylic acids is 1. The summed E-state index contributed by atoms with van der Waals surface area (Å²) in [5, 5.41) is 22.0. The molecule has 1 saturated carbocycles. The molecule has 34 heavy (non-hydrogen) atoms. The second-order valence-corrected chi connectivity index (χ2v) is 10.9. The predicted molar refractivity (Wildman–Crippen MR) is 133 cm³/mol. The average Bonchev–Trinajstić information content (AvgIpc) is 3.62. The van der Waals surface area contributed by atoms with Crippen LogP contribution in [0, 0.1) is 11.3 Å². The number of piperidine rings is 1. The number of hydrogen-bond acceptors (Lipinski definition) is 3. The molecule has 0 radical (unpaired) electrons. The number of hydrogen-bond donors (Lipinski definition) is 2. The van der Waals surface area contributed by atoms with Gasteiger partial charge in [0.1, 0.15) is 0 Å². The molecular weight excluding hydrogens is 473 g/mol. The molecule has 0 bridgehead atoms. The van der Waals surface area contributed by atoms with Crippen LogP contribution >= 0.6 is 23.2 Å². The number of aliphatic hydroxyl groups is 1. The van der Waals surface area contributed by atoms with Crippen molar-refractivity contribution >= 4 is 35.1 Å². The summed E-state index contributed by atoms with van der Waals surface area (Å²) < 4.78 is 0. The van der Waals surface area contributed by atoms with Crippen molar-refractivity contribution in [3.63, 3.8) is 0 Å². The summed E-state index contributed by atoms with van der Waals surface area (Å²) in [4.78, 5) is 27.9. The van der Waals surface area contributed by atoms with Crippen LogP contribution in [0.25, 0.3) is 0 Å². The fourth-order valence-corrected chi connectivity index (χ4v) is 5.94. The highest BCUT2D eigenvalue weighted by molar-refractivity contribution is 6.30. The smallest absolute Gasteiger partial charge is 0.304 e. The first kappa shape index (κ1) is 25.0. The fraction of sp³-hybridized carbons (Fsp3) is 0.481. The van der Waals surface area contributed by atoms with Crippen LogP contribution in [0.1, 0.15) is 69.0 Å². The molecule has 182 valence electrons. The zero-order chi connectivity index (χ0) is 24.6. The van der Waals surface area contributed by atoms with Gasteiger partial charge in [-0.25, -0.2) is 0 Å². The lowest BCUT2D eigenvalue weighted by atomic mass is 9.66. The van der Waals surface area contributed by atoms with Crippen LogP contribution in [0.5, 0.6) is 0 Å². The molecule has 0 spiro atoms. The second kappa shape index (κ2) is 9.88. The first-order chi connectivity index (χ1) is 16.1. The van der Waals surface area contributed by atoms with Crippen LogP contribution in [-0.2, 0) is 9.59 Å². The Kier molecular flexibility index (Phi) is 7.28. The number of aliphatic hydroxyl groups excluding tert-OH is 1. The topological polar surface area (TPSA) is 77.8 Å². The standard InChI is InChI=1S/C27H31Cl2NO4/c1-3-22(31)25(17-7-8-17)30-24(16-9-11-19(28)12-10-16)21(18-5-4-6-20(29)13-18)14-27(2,26(30)34)15-23(32)33/h4-6,9-13,17,21-22,24-25,31H,3,7-8,14-15H2,1-2H3,(H,32,33)/t21-,22?,24-,25?,27-/m1/s1. The van der Waals surface area contributed by atoms with Gasteiger partial charge in [-0.05, 0) is 67.0 Å². The van der Waals surface area contributed by atoms with Gasteiger partial charge in [-0.1, -0.05) is 61.3 Å². The molecule has 2 aromatic carbocycles. The molecular formula is C27H31Cl2NO4. The third-order valence-corrected chi connectivity index (χ3v) is 7.86. The van der Waals surface area contributed by atoms with E-state index in [1.165, 1.54) is 0 Å². The largest absolute Gasteiger partial charge is 0.481 e. The minimum Gasteiger partial charge on any atom is -0.481 e. The van der Waals surface area contributed by atoms with Crippen LogP contribution in [0.15, 0.2) is 48.5 Å². The van der Waals surface area contributed by atoms with E-state index in [1.807, 2.05) is 54.3 Å². The Bertz CT molecular complexity index is 1050. The molecule has 0 aromatic heterocycles. The molecule has 2 aromatic rings. The van der Waals surface area contributed by atoms with Crippen molar-refractivity contribution in [2.24, 2.45) is 11.3 Å². The lowest BCUT2D eigenvalue weighted by Crippen LogP contribution is -2.59. The van der Waals surface area contributed by atoms with Crippen molar-refractivity contribution in [3.8, 4) is 0 Å². The maximum absolute atomic E-state index is 14.2. The Balaban J connectivity index is 1.92. The highest BCUT2D eigenvalue weighted by Gasteiger charge is 2.55. The predicted octanol–water partition coefficient (Wildman–Crippen LogP) is 6.08. The quantitative estimate of drug-likeness (QED) is 0.457. The maximum atomic E-state index is 14.2. The molecule has 1 amide bonds. The minimum atomic E-state index is -1.11. The van der Waals surface area contributed by atoms with Gasteiger partial charge < -0.3 is 15.1 Å². The summed E-state index contributed by atoms with van der Waals surface area (Å²) >= 11 is 12.5. The molecule has 4 rings (SSSR count). The van der Waals surface area contributed by atoms with E-state index < -0.39 is 17.5 Å². The highest BCUT2D eigenvalue weighted by Crippen LogP contribution is 2.54. The Morgan fingerprint density at radius 1 is 1.12 bits per heavy atom. The van der Waals surface area contributed by atoms with Gasteiger partial charge in [0, 0.05) is 16.0 Å². The molecule has 2 N–H and O–H groups in total. The van der Waals surface area contributed by atoms with Crippen LogP contribution in [-0.4, -0.2) is 39.1 Å². The molecule has 5 nitrogen and oxygen atoms in total. The van der Waals surface area contributed by atoms with Crippen molar-refractivity contribution in [1.29, 1.82) is 0 Å². The minimum absolute atomic E-state index is 0.195. The monoisotopic (exact) mass is 503 g/mol. The summed E-state index contributed by atoms with van der Waals surface area (Å²) in [6.45, 7) is 3.66. The third kappa shape index (κ3) is 4.98. The first-order valence-corrected chi connectivity index (χ1v) is 12.6. The zero-order valence-corrected chi connectivity index (χ0v) is 21.0. The molecule has 1 saturated heterocycles. The lowest BCUT2D eigenvalue weighted by molar-refractivity contribution is -0.164. The second-order valence-electron chi connectivity index (χ2n) is 10.0. The number of aliphatic carboxylic acids is 1. The molecule has 5 atom stereocenters. The van der Waals surface area contributed by atoms with E-state index in [2.05, 4.69) is 0 Å². The van der Waals surface area contributed by atoms with E-state index in [-0.39, 0.29) is 36.2 Å². The number of rotatable bonds is 8. The van der Waals surface area contributed by atoms with Crippen molar-refractivity contribution in [2.45, 2.75) is 70.1 Å². The molecule has 2 fully saturated rings. The molecule has 1 aliphatic carbocycles. The summed E-state index contributed by atoms with van der Waals surface area (Å²) in [6, 6.07) is 14.3. The van der Waals surface area contributed by atoms with Crippen molar-refractivity contribution < 1.29 is 19.8 Å². The first-order valence-electron chi connectivity index (χ1n) is 11.9. The number of benzene rings is 2. The van der Waals surface area contributed by atoms with Gasteiger partial charge in [-0.2, -0.15) is 0 Å². The van der Waals surface area contributed by atoms with E-state index in [4.69, 9.17) is 23.2 Å². The van der Waals surface area contributed by atoms with Crippen LogP contribution in [0.2, 0.25) is 10.0 Å². The molecule has 7 heteroatoms. The van der Waals surface area contributed by atoms with E-state index in [0.29, 0.717) is 22.9 Å². The van der Waals surface area contributed by atoms with Gasteiger partial charge in [0.15, 0.2) is 0 Å². The van der Waals surface area contributed by atoms with Gasteiger partial charge in [-0.15, -0.1) is 0 Å². The van der Waals surface area contributed by atoms with E-state index >= 15 is 0 Å². The Morgan fingerprint density at radius 2 is 1.79 bits per heavy atom. The van der Waals surface area contributed by atoms with Crippen LogP contribution in [0.3, 0.4) is 0 Å². The fourth-order valence-electron chi connectivity index (χ4n) is 5.61. The van der Waals surface area contributed by atoms with Crippen molar-refractivity contribution in [1.82, 2.24) is 4.90 Å². The van der Waals surface area contributed by atoms with Crippen molar-refractivity contribution in [2.75, 3.05) is 0 Å². The van der Waals surface area contributed by atoms with Gasteiger partial charge >= 0.3 is 5.97 Å². The highest BCUT2D eigenvalue weighted by atomic mass is 35.5. The maximum Gasteiger partial charge on any atom is 0.304 e. The summed E-state index contributed by atoms with van der Waals surface area (Å²) in [6.07, 6.45) is 1.79. The van der Waals surface area contributed by atoms with Gasteiger partial charge in [0.05, 0.1) is 30.0 Å². The number of amides is 1. The average molecular weight is 504 g/mol. The van der Waals surface area contributed by atoms with Gasteiger partial charge in [-0.3, -0.25) is 9.59 Å². The molecule has 1 aliphatic heterocycles. The molecule has 1 heterocycles. The molecule has 2 unspecified atom stereocenters. The summed E-state index contributed by atoms with van der Waals surface area (Å²) in [5.74, 6) is -1.23. The van der Waals surface area contributed by atoms with E-state index in [0.717, 1.165) is 24.0 Å². The Labute approximate surface area is 210 Å². The third-order valence-electron chi connectivity index (χ3n) is 7.37. The Morgan fingerprint density at radius 3 is 2.35 bits per heavy atom. The SMILES string of the molecule is CCC(O)C(C1CC1)N1C(=O)[C@@](C)(CC(=O)O)C[C@H](c2cccc(Cl)c2)[C@H]1c1ccc(Cl)cc1. The van der Waals surface area contributed by atoms with Gasteiger partial charge in [0.2, 0.25) is 5.91 Å². The number of carboxylic acid groups (broad SMARTS) is 1. The summed E-state index contributed by atoms with van der Waals surface area (Å²) in [7, 11) is 0. The van der Waals surface area contributed by atoms with Crippen LogP contribution in [0.4, 0.5) is 0 Å². The number of carboxylic acids is 1.